The van der Waals surface area contributed by atoms with E-state index in [-0.39, 0.29) is 24.1 Å². The topological polar surface area (TPSA) is 66.5 Å². The van der Waals surface area contributed by atoms with Gasteiger partial charge in [-0.15, -0.1) is 0 Å². The summed E-state index contributed by atoms with van der Waals surface area (Å²) in [6, 6.07) is 13.7. The first-order valence-corrected chi connectivity index (χ1v) is 6.89. The molecular weight excluding hydrogens is 280 g/mol. The van der Waals surface area contributed by atoms with Crippen molar-refractivity contribution in [2.45, 2.75) is 13.3 Å². The van der Waals surface area contributed by atoms with Crippen molar-refractivity contribution in [1.82, 2.24) is 0 Å². The van der Waals surface area contributed by atoms with Crippen molar-refractivity contribution in [2.24, 2.45) is 0 Å². The first-order valence-electron chi connectivity index (χ1n) is 6.89. The number of nitrogens with zero attached hydrogens (tertiary/aromatic N) is 1. The summed E-state index contributed by atoms with van der Waals surface area (Å²) in [5, 5.41) is 2.65. The van der Waals surface area contributed by atoms with Crippen LogP contribution in [0, 0.1) is 0 Å². The summed E-state index contributed by atoms with van der Waals surface area (Å²) in [5.74, 6) is -0.748. The molecule has 0 aromatic heterocycles. The van der Waals surface area contributed by atoms with Crippen LogP contribution in [0.1, 0.15) is 22.8 Å². The molecule has 5 nitrogen and oxygen atoms in total. The maximum atomic E-state index is 12.5. The number of fused-ring (bicyclic) bond motifs is 1. The molecule has 1 aliphatic heterocycles. The molecule has 1 aliphatic rings. The summed E-state index contributed by atoms with van der Waals surface area (Å²) < 4.78 is 0. The van der Waals surface area contributed by atoms with Gasteiger partial charge in [-0.2, -0.15) is 0 Å². The minimum Gasteiger partial charge on any atom is -0.326 e. The van der Waals surface area contributed by atoms with Crippen LogP contribution in [0.25, 0.3) is 0 Å². The smallest absolute Gasteiger partial charge is 0.265 e. The fourth-order valence-corrected chi connectivity index (χ4v) is 2.52. The molecule has 5 heteroatoms. The van der Waals surface area contributed by atoms with E-state index in [1.165, 1.54) is 11.8 Å². The highest BCUT2D eigenvalue weighted by molar-refractivity contribution is 6.24. The van der Waals surface area contributed by atoms with Crippen molar-refractivity contribution >= 4 is 29.1 Å². The van der Waals surface area contributed by atoms with Gasteiger partial charge in [-0.1, -0.05) is 18.2 Å². The van der Waals surface area contributed by atoms with Crippen LogP contribution in [-0.2, 0) is 16.0 Å². The van der Waals surface area contributed by atoms with E-state index < -0.39 is 0 Å². The lowest BCUT2D eigenvalue weighted by atomic mass is 9.98. The fourth-order valence-electron chi connectivity index (χ4n) is 2.52. The highest BCUT2D eigenvalue weighted by atomic mass is 16.2. The van der Waals surface area contributed by atoms with E-state index in [1.807, 2.05) is 6.07 Å². The molecule has 3 amide bonds. The van der Waals surface area contributed by atoms with E-state index in [1.54, 1.807) is 42.5 Å². The number of anilines is 2. The molecule has 0 spiro atoms. The number of hydrogen-bond acceptors (Lipinski definition) is 3. The molecular formula is C17H14N2O3. The van der Waals surface area contributed by atoms with Crippen LogP contribution in [0.5, 0.6) is 0 Å². The number of carbonyl (C=O) groups is 3. The first-order chi connectivity index (χ1) is 10.6. The third-order valence-corrected chi connectivity index (χ3v) is 3.49. The highest BCUT2D eigenvalue weighted by Crippen LogP contribution is 2.26. The zero-order valence-corrected chi connectivity index (χ0v) is 12.0. The van der Waals surface area contributed by atoms with Crippen molar-refractivity contribution < 1.29 is 14.4 Å². The average Bonchev–Trinajstić information content (AvgIpc) is 2.48. The Kier molecular flexibility index (Phi) is 3.47. The van der Waals surface area contributed by atoms with E-state index in [0.717, 1.165) is 5.56 Å². The minimum absolute atomic E-state index is 0.174. The summed E-state index contributed by atoms with van der Waals surface area (Å²) in [7, 11) is 0. The number of imide groups is 1. The molecule has 1 heterocycles. The molecule has 0 saturated heterocycles. The minimum atomic E-state index is -0.320. The Morgan fingerprint density at radius 3 is 2.41 bits per heavy atom. The summed E-state index contributed by atoms with van der Waals surface area (Å²) in [4.78, 5) is 37.0. The van der Waals surface area contributed by atoms with Crippen LogP contribution in [0.2, 0.25) is 0 Å². The standard InChI is InChI=1S/C17H14N2O3/c1-11(20)18-13-6-8-14(9-7-13)19-16(21)10-12-4-2-3-5-15(12)17(19)22/h2-9H,10H2,1H3,(H,18,20). The van der Waals surface area contributed by atoms with E-state index in [9.17, 15) is 14.4 Å². The SMILES string of the molecule is CC(=O)Nc1ccc(N2C(=O)Cc3ccccc3C2=O)cc1. The molecule has 1 N–H and O–H groups in total. The molecule has 0 saturated carbocycles. The van der Waals surface area contributed by atoms with E-state index in [2.05, 4.69) is 5.32 Å². The van der Waals surface area contributed by atoms with Crippen molar-refractivity contribution in [3.8, 4) is 0 Å². The van der Waals surface area contributed by atoms with Gasteiger partial charge in [0, 0.05) is 18.2 Å². The van der Waals surface area contributed by atoms with Crippen LogP contribution < -0.4 is 10.2 Å². The largest absolute Gasteiger partial charge is 0.326 e. The lowest BCUT2D eigenvalue weighted by Crippen LogP contribution is -2.42. The second-order valence-electron chi connectivity index (χ2n) is 5.10. The normalized spacial score (nSPS) is 13.8. The molecule has 2 aromatic carbocycles. The van der Waals surface area contributed by atoms with Gasteiger partial charge >= 0.3 is 0 Å². The molecule has 3 rings (SSSR count). The molecule has 110 valence electrons. The Hall–Kier alpha value is -2.95. The first kappa shape index (κ1) is 14.0. The van der Waals surface area contributed by atoms with Crippen LogP contribution >= 0.6 is 0 Å². The molecule has 0 fully saturated rings. The Morgan fingerprint density at radius 1 is 1.05 bits per heavy atom. The van der Waals surface area contributed by atoms with Crippen molar-refractivity contribution in [2.75, 3.05) is 10.2 Å². The third-order valence-electron chi connectivity index (χ3n) is 3.49. The van der Waals surface area contributed by atoms with Gasteiger partial charge in [0.15, 0.2) is 0 Å². The molecule has 0 radical (unpaired) electrons. The number of nitrogens with one attached hydrogen (secondary N) is 1. The number of rotatable bonds is 2. The molecule has 0 atom stereocenters. The lowest BCUT2D eigenvalue weighted by Gasteiger charge is -2.26. The van der Waals surface area contributed by atoms with Gasteiger partial charge in [-0.25, -0.2) is 4.90 Å². The monoisotopic (exact) mass is 294 g/mol. The number of hydrogen-bond donors (Lipinski definition) is 1. The van der Waals surface area contributed by atoms with Crippen LogP contribution in [0.15, 0.2) is 48.5 Å². The van der Waals surface area contributed by atoms with Crippen LogP contribution in [0.3, 0.4) is 0 Å². The van der Waals surface area contributed by atoms with Gasteiger partial charge in [0.2, 0.25) is 11.8 Å². The van der Waals surface area contributed by atoms with Gasteiger partial charge in [-0.05, 0) is 35.9 Å². The molecule has 0 aliphatic carbocycles. The average molecular weight is 294 g/mol. The molecule has 0 bridgehead atoms. The maximum absolute atomic E-state index is 12.5. The number of benzene rings is 2. The van der Waals surface area contributed by atoms with E-state index in [4.69, 9.17) is 0 Å². The number of carbonyl (C=O) groups excluding carboxylic acids is 3. The van der Waals surface area contributed by atoms with Gasteiger partial charge in [0.25, 0.3) is 5.91 Å². The molecule has 22 heavy (non-hydrogen) atoms. The molecule has 0 unspecified atom stereocenters. The predicted octanol–water partition coefficient (Wildman–Crippen LogP) is 2.37. The predicted molar refractivity (Wildman–Crippen MR) is 82.7 cm³/mol. The summed E-state index contributed by atoms with van der Waals surface area (Å²) >= 11 is 0. The second kappa shape index (κ2) is 5.44. The lowest BCUT2D eigenvalue weighted by molar-refractivity contribution is -0.117. The summed E-state index contributed by atoms with van der Waals surface area (Å²) in [6.07, 6.45) is 0.204. The quantitative estimate of drug-likeness (QED) is 0.865. The zero-order chi connectivity index (χ0) is 15.7. The van der Waals surface area contributed by atoms with E-state index >= 15 is 0 Å². The highest BCUT2D eigenvalue weighted by Gasteiger charge is 2.31. The van der Waals surface area contributed by atoms with Gasteiger partial charge in [0.05, 0.1) is 12.1 Å². The Labute approximate surface area is 127 Å². The van der Waals surface area contributed by atoms with Crippen LogP contribution in [-0.4, -0.2) is 17.7 Å². The Balaban J connectivity index is 1.93. The second-order valence-corrected chi connectivity index (χ2v) is 5.10. The van der Waals surface area contributed by atoms with Gasteiger partial charge in [-0.3, -0.25) is 14.4 Å². The summed E-state index contributed by atoms with van der Waals surface area (Å²) in [6.45, 7) is 1.42. The maximum Gasteiger partial charge on any atom is 0.265 e. The van der Waals surface area contributed by atoms with Crippen LogP contribution in [0.4, 0.5) is 11.4 Å². The van der Waals surface area contributed by atoms with Crippen molar-refractivity contribution in [3.05, 3.63) is 59.7 Å². The summed E-state index contributed by atoms with van der Waals surface area (Å²) in [5.41, 5.74) is 2.42. The number of amides is 3. The van der Waals surface area contributed by atoms with Gasteiger partial charge in [0.1, 0.15) is 0 Å². The molecule has 2 aromatic rings. The zero-order valence-electron chi connectivity index (χ0n) is 12.0. The van der Waals surface area contributed by atoms with Crippen molar-refractivity contribution in [3.63, 3.8) is 0 Å². The Bertz CT molecular complexity index is 766. The van der Waals surface area contributed by atoms with Gasteiger partial charge < -0.3 is 5.32 Å². The third kappa shape index (κ3) is 2.48. The van der Waals surface area contributed by atoms with E-state index in [0.29, 0.717) is 16.9 Å². The Morgan fingerprint density at radius 2 is 1.73 bits per heavy atom. The van der Waals surface area contributed by atoms with Crippen molar-refractivity contribution in [1.29, 1.82) is 0 Å². The fraction of sp³-hybridized carbons (Fsp3) is 0.118.